The van der Waals surface area contributed by atoms with E-state index in [1.165, 1.54) is 11.0 Å². The fourth-order valence-electron chi connectivity index (χ4n) is 1.33. The fraction of sp³-hybridized carbons (Fsp3) is 0.429. The smallest absolute Gasteiger partial charge is 0.230 e. The summed E-state index contributed by atoms with van der Waals surface area (Å²) in [6, 6.07) is 0. The van der Waals surface area contributed by atoms with Crippen molar-refractivity contribution in [1.29, 1.82) is 0 Å². The summed E-state index contributed by atoms with van der Waals surface area (Å²) in [6.45, 7) is 0. The first-order valence-corrected chi connectivity index (χ1v) is 4.60. The Labute approximate surface area is 73.2 Å². The third kappa shape index (κ3) is 0.929. The maximum Gasteiger partial charge on any atom is 0.230 e. The maximum atomic E-state index is 11.0. The van der Waals surface area contributed by atoms with Crippen LogP contribution in [0.2, 0.25) is 0 Å². The lowest BCUT2D eigenvalue weighted by Gasteiger charge is -2.43. The Bertz CT molecular complexity index is 286. The van der Waals surface area contributed by atoms with Gasteiger partial charge in [0.2, 0.25) is 5.91 Å². The van der Waals surface area contributed by atoms with E-state index in [1.54, 1.807) is 11.8 Å². The molecule has 12 heavy (non-hydrogen) atoms. The van der Waals surface area contributed by atoms with Crippen molar-refractivity contribution in [2.24, 2.45) is 0 Å². The molecule has 0 radical (unpaired) electrons. The number of carbonyl (C=O) groups excluding carboxylic acids is 2. The van der Waals surface area contributed by atoms with Gasteiger partial charge >= 0.3 is 0 Å². The second kappa shape index (κ2) is 2.52. The van der Waals surface area contributed by atoms with Crippen molar-refractivity contribution in [3.63, 3.8) is 0 Å². The minimum Gasteiger partial charge on any atom is -0.543 e. The molecule has 5 heteroatoms. The van der Waals surface area contributed by atoms with Crippen LogP contribution in [0.15, 0.2) is 11.8 Å². The second-order valence-electron chi connectivity index (χ2n) is 2.63. The predicted octanol–water partition coefficient (Wildman–Crippen LogP) is -1.07. The molecule has 1 saturated heterocycles. The number of aliphatic carboxylic acids is 1. The van der Waals surface area contributed by atoms with Crippen LogP contribution in [0, 0.1) is 0 Å². The first-order chi connectivity index (χ1) is 5.70. The number of rotatable bonds is 1. The largest absolute Gasteiger partial charge is 0.543 e. The van der Waals surface area contributed by atoms with Gasteiger partial charge in [-0.15, -0.1) is 11.8 Å². The molecule has 0 spiro atoms. The standard InChI is InChI=1S/C7H7NO3S/c9-5-3-6-8(5)4(7(10)11)1-2-12-6/h1,6H,2-3H2,(H,10,11)/p-1/t6-/m1/s1. The predicted molar refractivity (Wildman–Crippen MR) is 40.8 cm³/mol. The van der Waals surface area contributed by atoms with Gasteiger partial charge in [-0.1, -0.05) is 0 Å². The molecule has 1 fully saturated rings. The molecule has 1 atom stereocenters. The van der Waals surface area contributed by atoms with Crippen LogP contribution in [0.4, 0.5) is 0 Å². The Kier molecular flexibility index (Phi) is 1.61. The highest BCUT2D eigenvalue weighted by Crippen LogP contribution is 2.36. The Hall–Kier alpha value is -0.970. The average Bonchev–Trinajstić information content (AvgIpc) is 2.01. The van der Waals surface area contributed by atoms with E-state index in [0.717, 1.165) is 0 Å². The number of hydrogen-bond acceptors (Lipinski definition) is 4. The molecule has 0 bridgehead atoms. The van der Waals surface area contributed by atoms with Gasteiger partial charge in [-0.3, -0.25) is 9.69 Å². The Morgan fingerprint density at radius 3 is 3.00 bits per heavy atom. The van der Waals surface area contributed by atoms with E-state index in [4.69, 9.17) is 0 Å². The molecule has 0 unspecified atom stereocenters. The molecule has 1 amide bonds. The molecule has 0 saturated carbocycles. The lowest BCUT2D eigenvalue weighted by Crippen LogP contribution is -2.54. The molecule has 0 N–H and O–H groups in total. The number of fused-ring (bicyclic) bond motifs is 1. The summed E-state index contributed by atoms with van der Waals surface area (Å²) in [5.41, 5.74) is 0.0370. The third-order valence-corrected chi connectivity index (χ3v) is 3.06. The molecule has 0 aromatic heterocycles. The summed E-state index contributed by atoms with van der Waals surface area (Å²) in [7, 11) is 0. The highest BCUT2D eigenvalue weighted by Gasteiger charge is 2.40. The third-order valence-electron chi connectivity index (χ3n) is 1.94. The van der Waals surface area contributed by atoms with Crippen LogP contribution in [0.25, 0.3) is 0 Å². The zero-order valence-corrected chi connectivity index (χ0v) is 6.97. The SMILES string of the molecule is O=C([O-])C1=CCS[C@@H]2CC(=O)N12. The zero-order chi connectivity index (χ0) is 8.72. The number of amides is 1. The quantitative estimate of drug-likeness (QED) is 0.487. The van der Waals surface area contributed by atoms with Gasteiger partial charge in [0.15, 0.2) is 0 Å². The van der Waals surface area contributed by atoms with Gasteiger partial charge in [-0.05, 0) is 6.08 Å². The number of carboxylic acids is 1. The first-order valence-electron chi connectivity index (χ1n) is 3.55. The van der Waals surface area contributed by atoms with E-state index < -0.39 is 5.97 Å². The van der Waals surface area contributed by atoms with Crippen LogP contribution in [0.5, 0.6) is 0 Å². The van der Waals surface area contributed by atoms with Crippen LogP contribution in [0.3, 0.4) is 0 Å². The number of nitrogens with zero attached hydrogens (tertiary/aromatic N) is 1. The van der Waals surface area contributed by atoms with Crippen molar-refractivity contribution in [2.75, 3.05) is 5.75 Å². The van der Waals surface area contributed by atoms with Crippen LogP contribution < -0.4 is 5.11 Å². The van der Waals surface area contributed by atoms with Gasteiger partial charge in [0, 0.05) is 5.75 Å². The summed E-state index contributed by atoms with van der Waals surface area (Å²) in [4.78, 5) is 22.8. The highest BCUT2D eigenvalue weighted by molar-refractivity contribution is 8.00. The Morgan fingerprint density at radius 1 is 1.75 bits per heavy atom. The van der Waals surface area contributed by atoms with Gasteiger partial charge in [0.25, 0.3) is 0 Å². The van der Waals surface area contributed by atoms with E-state index in [-0.39, 0.29) is 17.0 Å². The van der Waals surface area contributed by atoms with Gasteiger partial charge in [-0.2, -0.15) is 0 Å². The molecule has 2 heterocycles. The first kappa shape index (κ1) is 7.67. The molecule has 2 rings (SSSR count). The molecular formula is C7H6NO3S-. The van der Waals surface area contributed by atoms with E-state index in [0.29, 0.717) is 12.2 Å². The van der Waals surface area contributed by atoms with E-state index in [1.807, 2.05) is 0 Å². The van der Waals surface area contributed by atoms with Crippen molar-refractivity contribution in [1.82, 2.24) is 4.90 Å². The van der Waals surface area contributed by atoms with Crippen LogP contribution >= 0.6 is 11.8 Å². The van der Waals surface area contributed by atoms with Crippen LogP contribution in [-0.2, 0) is 9.59 Å². The van der Waals surface area contributed by atoms with Gasteiger partial charge < -0.3 is 9.90 Å². The molecule has 0 aromatic rings. The summed E-state index contributed by atoms with van der Waals surface area (Å²) >= 11 is 1.58. The number of β-lactam (4-membered cyclic amide) rings is 1. The summed E-state index contributed by atoms with van der Waals surface area (Å²) in [5.74, 6) is -0.728. The molecular weight excluding hydrogens is 178 g/mol. The number of thioether (sulfide) groups is 1. The average molecular weight is 184 g/mol. The second-order valence-corrected chi connectivity index (χ2v) is 3.84. The van der Waals surface area contributed by atoms with E-state index >= 15 is 0 Å². The number of hydrogen-bond donors (Lipinski definition) is 0. The van der Waals surface area contributed by atoms with E-state index in [9.17, 15) is 14.7 Å². The van der Waals surface area contributed by atoms with Crippen molar-refractivity contribution in [2.45, 2.75) is 11.8 Å². The van der Waals surface area contributed by atoms with Crippen molar-refractivity contribution in [3.8, 4) is 0 Å². The van der Waals surface area contributed by atoms with Gasteiger partial charge in [-0.25, -0.2) is 0 Å². The topological polar surface area (TPSA) is 60.4 Å². The highest BCUT2D eigenvalue weighted by atomic mass is 32.2. The Morgan fingerprint density at radius 2 is 2.50 bits per heavy atom. The van der Waals surface area contributed by atoms with Crippen molar-refractivity contribution >= 4 is 23.6 Å². The lowest BCUT2D eigenvalue weighted by molar-refractivity contribution is -0.301. The lowest BCUT2D eigenvalue weighted by atomic mass is 10.1. The molecule has 64 valence electrons. The number of carbonyl (C=O) groups is 2. The summed E-state index contributed by atoms with van der Waals surface area (Å²) in [5, 5.41) is 10.5. The molecule has 0 aliphatic carbocycles. The van der Waals surface area contributed by atoms with Crippen molar-refractivity contribution < 1.29 is 14.7 Å². The minimum absolute atomic E-state index is 0.0370. The Balaban J connectivity index is 2.26. The van der Waals surface area contributed by atoms with Crippen LogP contribution in [0.1, 0.15) is 6.42 Å². The summed E-state index contributed by atoms with van der Waals surface area (Å²) in [6.07, 6.45) is 1.98. The van der Waals surface area contributed by atoms with Crippen molar-refractivity contribution in [3.05, 3.63) is 11.8 Å². The zero-order valence-electron chi connectivity index (χ0n) is 6.15. The molecule has 2 aliphatic heterocycles. The van der Waals surface area contributed by atoms with Gasteiger partial charge in [0.1, 0.15) is 0 Å². The monoisotopic (exact) mass is 184 g/mol. The summed E-state index contributed by atoms with van der Waals surface area (Å²) < 4.78 is 0. The maximum absolute atomic E-state index is 11.0. The van der Waals surface area contributed by atoms with E-state index in [2.05, 4.69) is 0 Å². The normalized spacial score (nSPS) is 27.3. The minimum atomic E-state index is -1.26. The fourth-order valence-corrected chi connectivity index (χ4v) is 2.45. The molecule has 0 aromatic carbocycles. The number of carboxylic acid groups (broad SMARTS) is 1. The van der Waals surface area contributed by atoms with Gasteiger partial charge in [0.05, 0.1) is 23.5 Å². The van der Waals surface area contributed by atoms with Crippen LogP contribution in [-0.4, -0.2) is 27.9 Å². The molecule has 2 aliphatic rings. The molecule has 4 nitrogen and oxygen atoms in total.